The molecule has 0 saturated carbocycles. The summed E-state index contributed by atoms with van der Waals surface area (Å²) in [5.41, 5.74) is 1.46. The van der Waals surface area contributed by atoms with E-state index in [9.17, 15) is 13.2 Å². The quantitative estimate of drug-likeness (QED) is 0.604. The van der Waals surface area contributed by atoms with Crippen LogP contribution in [-0.4, -0.2) is 21.5 Å². The second-order valence-corrected chi connectivity index (χ2v) is 7.78. The zero-order chi connectivity index (χ0) is 19.4. The molecule has 7 heteroatoms. The number of methoxy groups -OCH3 is 1. The lowest BCUT2D eigenvalue weighted by atomic mass is 10.2. The number of benzene rings is 2. The first-order valence-electron chi connectivity index (χ1n) is 8.23. The highest BCUT2D eigenvalue weighted by atomic mass is 32.2. The van der Waals surface area contributed by atoms with Crippen molar-refractivity contribution in [3.63, 3.8) is 0 Å². The average molecular weight is 385 g/mol. The number of rotatable bonds is 6. The first-order chi connectivity index (χ1) is 12.9. The van der Waals surface area contributed by atoms with Crippen LogP contribution >= 0.6 is 0 Å². The van der Waals surface area contributed by atoms with Gasteiger partial charge in [-0.25, -0.2) is 13.2 Å². The lowest BCUT2D eigenvalue weighted by Crippen LogP contribution is -2.30. The first kappa shape index (κ1) is 18.7. The van der Waals surface area contributed by atoms with E-state index < -0.39 is 16.0 Å². The number of ether oxygens (including phenoxy) is 1. The van der Waals surface area contributed by atoms with Gasteiger partial charge in [-0.3, -0.25) is 4.31 Å². The molecular formula is C20H19NO5S. The molecule has 3 aromatic rings. The Kier molecular flexibility index (Phi) is 5.32. The Hall–Kier alpha value is -3.06. The highest BCUT2D eigenvalue weighted by Crippen LogP contribution is 2.26. The molecule has 0 fully saturated rings. The van der Waals surface area contributed by atoms with E-state index in [1.807, 2.05) is 13.0 Å². The number of esters is 1. The molecule has 0 spiro atoms. The van der Waals surface area contributed by atoms with Crippen molar-refractivity contribution in [2.75, 3.05) is 11.4 Å². The van der Waals surface area contributed by atoms with Gasteiger partial charge in [0.1, 0.15) is 5.76 Å². The summed E-state index contributed by atoms with van der Waals surface area (Å²) in [6, 6.07) is 18.4. The van der Waals surface area contributed by atoms with Gasteiger partial charge in [-0.05, 0) is 43.3 Å². The Bertz CT molecular complexity index is 1020. The fourth-order valence-electron chi connectivity index (χ4n) is 2.56. The van der Waals surface area contributed by atoms with Crippen LogP contribution in [0.5, 0.6) is 0 Å². The zero-order valence-corrected chi connectivity index (χ0v) is 15.8. The maximum absolute atomic E-state index is 13.2. The molecule has 2 aromatic carbocycles. The number of anilines is 1. The molecule has 140 valence electrons. The molecule has 0 saturated heterocycles. The second kappa shape index (κ2) is 7.67. The minimum absolute atomic E-state index is 0.0215. The standard InChI is InChI=1S/C20H19NO5S/c1-15-8-11-18(12-9-15)27(23,24)21(16-6-4-3-5-7-16)14-17-10-13-19(26-17)20(22)25-2/h3-13H,14H2,1-2H3. The van der Waals surface area contributed by atoms with Gasteiger partial charge in [-0.1, -0.05) is 35.9 Å². The summed E-state index contributed by atoms with van der Waals surface area (Å²) in [4.78, 5) is 11.8. The predicted molar refractivity (Wildman–Crippen MR) is 101 cm³/mol. The highest BCUT2D eigenvalue weighted by molar-refractivity contribution is 7.92. The summed E-state index contributed by atoms with van der Waals surface area (Å²) in [6.45, 7) is 1.83. The van der Waals surface area contributed by atoms with Gasteiger partial charge in [0.2, 0.25) is 5.76 Å². The number of nitrogens with zero attached hydrogens (tertiary/aromatic N) is 1. The molecule has 27 heavy (non-hydrogen) atoms. The van der Waals surface area contributed by atoms with Gasteiger partial charge in [0.15, 0.2) is 0 Å². The fourth-order valence-corrected chi connectivity index (χ4v) is 3.99. The minimum atomic E-state index is -3.83. The van der Waals surface area contributed by atoms with Crippen LogP contribution in [0.1, 0.15) is 21.9 Å². The molecule has 3 rings (SSSR count). The van der Waals surface area contributed by atoms with E-state index in [4.69, 9.17) is 4.42 Å². The topological polar surface area (TPSA) is 76.8 Å². The largest absolute Gasteiger partial charge is 0.463 e. The normalized spacial score (nSPS) is 11.2. The summed E-state index contributed by atoms with van der Waals surface area (Å²) >= 11 is 0. The number of carbonyl (C=O) groups excluding carboxylic acids is 1. The Labute approximate surface area is 158 Å². The molecule has 1 aromatic heterocycles. The Morgan fingerprint density at radius 2 is 1.67 bits per heavy atom. The number of hydrogen-bond acceptors (Lipinski definition) is 5. The summed E-state index contributed by atoms with van der Waals surface area (Å²) in [6.07, 6.45) is 0. The summed E-state index contributed by atoms with van der Waals surface area (Å²) in [5, 5.41) is 0. The van der Waals surface area contributed by atoms with E-state index in [0.717, 1.165) is 5.56 Å². The Morgan fingerprint density at radius 1 is 1.00 bits per heavy atom. The van der Waals surface area contributed by atoms with Gasteiger partial charge in [-0.15, -0.1) is 0 Å². The second-order valence-electron chi connectivity index (χ2n) is 5.92. The van der Waals surface area contributed by atoms with E-state index in [-0.39, 0.29) is 17.2 Å². The third-order valence-electron chi connectivity index (χ3n) is 4.00. The van der Waals surface area contributed by atoms with Crippen LogP contribution < -0.4 is 4.31 Å². The zero-order valence-electron chi connectivity index (χ0n) is 15.0. The van der Waals surface area contributed by atoms with Crippen LogP contribution in [0.15, 0.2) is 76.0 Å². The molecule has 0 aliphatic carbocycles. The van der Waals surface area contributed by atoms with Gasteiger partial charge < -0.3 is 9.15 Å². The fraction of sp³-hybridized carbons (Fsp3) is 0.150. The smallest absolute Gasteiger partial charge is 0.373 e. The van der Waals surface area contributed by atoms with Gasteiger partial charge in [0.25, 0.3) is 10.0 Å². The van der Waals surface area contributed by atoms with Crippen molar-refractivity contribution in [1.82, 2.24) is 0 Å². The SMILES string of the molecule is COC(=O)c1ccc(CN(c2ccccc2)S(=O)(=O)c2ccc(C)cc2)o1. The van der Waals surface area contributed by atoms with E-state index in [0.29, 0.717) is 11.4 Å². The predicted octanol–water partition coefficient (Wildman–Crippen LogP) is 3.77. The first-order valence-corrected chi connectivity index (χ1v) is 9.67. The van der Waals surface area contributed by atoms with Gasteiger partial charge in [0, 0.05) is 0 Å². The van der Waals surface area contributed by atoms with Crippen molar-refractivity contribution >= 4 is 21.7 Å². The molecule has 0 aliphatic rings. The van der Waals surface area contributed by atoms with Gasteiger partial charge >= 0.3 is 5.97 Å². The third kappa shape index (κ3) is 4.03. The molecule has 0 atom stereocenters. The molecule has 0 bridgehead atoms. The van der Waals surface area contributed by atoms with E-state index >= 15 is 0 Å². The molecule has 0 N–H and O–H groups in total. The van der Waals surface area contributed by atoms with Gasteiger partial charge in [-0.2, -0.15) is 0 Å². The van der Waals surface area contributed by atoms with Gasteiger partial charge in [0.05, 0.1) is 24.2 Å². The van der Waals surface area contributed by atoms with Crippen molar-refractivity contribution in [3.8, 4) is 0 Å². The van der Waals surface area contributed by atoms with Crippen LogP contribution in [0.4, 0.5) is 5.69 Å². The Morgan fingerprint density at radius 3 is 2.30 bits per heavy atom. The number of para-hydroxylation sites is 1. The molecule has 0 unspecified atom stereocenters. The van der Waals surface area contributed by atoms with Crippen molar-refractivity contribution in [2.24, 2.45) is 0 Å². The van der Waals surface area contributed by atoms with E-state index in [1.165, 1.54) is 17.5 Å². The highest BCUT2D eigenvalue weighted by Gasteiger charge is 2.26. The maximum Gasteiger partial charge on any atom is 0.373 e. The third-order valence-corrected chi connectivity index (χ3v) is 5.79. The average Bonchev–Trinajstić information content (AvgIpc) is 3.15. The number of furan rings is 1. The number of hydrogen-bond donors (Lipinski definition) is 0. The number of aryl methyl sites for hydroxylation is 1. The van der Waals surface area contributed by atoms with Crippen molar-refractivity contribution < 1.29 is 22.4 Å². The summed E-state index contributed by atoms with van der Waals surface area (Å²) < 4.78 is 37.8. The lowest BCUT2D eigenvalue weighted by molar-refractivity contribution is 0.0563. The summed E-state index contributed by atoms with van der Waals surface area (Å²) in [5.74, 6) is -0.267. The minimum Gasteiger partial charge on any atom is -0.463 e. The lowest BCUT2D eigenvalue weighted by Gasteiger charge is -2.23. The monoisotopic (exact) mass is 385 g/mol. The number of carbonyl (C=O) groups is 1. The van der Waals surface area contributed by atoms with E-state index in [2.05, 4.69) is 4.74 Å². The Balaban J connectivity index is 2.00. The maximum atomic E-state index is 13.2. The molecule has 0 aliphatic heterocycles. The molecule has 6 nitrogen and oxygen atoms in total. The van der Waals surface area contributed by atoms with Crippen LogP contribution in [0.3, 0.4) is 0 Å². The van der Waals surface area contributed by atoms with Crippen LogP contribution in [-0.2, 0) is 21.3 Å². The summed E-state index contributed by atoms with van der Waals surface area (Å²) in [7, 11) is -2.58. The van der Waals surface area contributed by atoms with Crippen molar-refractivity contribution in [1.29, 1.82) is 0 Å². The van der Waals surface area contributed by atoms with Crippen molar-refractivity contribution in [2.45, 2.75) is 18.4 Å². The number of sulfonamides is 1. The molecule has 1 heterocycles. The molecular weight excluding hydrogens is 366 g/mol. The van der Waals surface area contributed by atoms with Crippen LogP contribution in [0, 0.1) is 6.92 Å². The van der Waals surface area contributed by atoms with Crippen molar-refractivity contribution in [3.05, 3.63) is 83.8 Å². The molecule has 0 amide bonds. The molecule has 0 radical (unpaired) electrons. The van der Waals surface area contributed by atoms with Crippen LogP contribution in [0.2, 0.25) is 0 Å². The van der Waals surface area contributed by atoms with Crippen LogP contribution in [0.25, 0.3) is 0 Å². The van der Waals surface area contributed by atoms with E-state index in [1.54, 1.807) is 54.6 Å².